The van der Waals surface area contributed by atoms with Gasteiger partial charge in [-0.25, -0.2) is 4.79 Å². The van der Waals surface area contributed by atoms with Crippen LogP contribution in [0.3, 0.4) is 0 Å². The Morgan fingerprint density at radius 2 is 1.00 bits per heavy atom. The monoisotopic (exact) mass is 644 g/mol. The summed E-state index contributed by atoms with van der Waals surface area (Å²) in [7, 11) is 0. The maximum Gasteiger partial charge on any atom is 0.326 e. The zero-order valence-electron chi connectivity index (χ0n) is 25.9. The minimum Gasteiger partial charge on any atom is -0.480 e. The molecule has 2 amide bonds. The third-order valence-corrected chi connectivity index (χ3v) is 7.19. The van der Waals surface area contributed by atoms with E-state index < -0.39 is 35.8 Å². The van der Waals surface area contributed by atoms with E-state index in [1.54, 1.807) is 19.6 Å². The Labute approximate surface area is 262 Å². The van der Waals surface area contributed by atoms with E-state index in [0.29, 0.717) is 19.4 Å². The van der Waals surface area contributed by atoms with E-state index >= 15 is 0 Å². The number of Topliss-reactive ketones (excluding diaryl/α,β-unsaturated/α-hetero) is 1. The normalized spacial score (nSPS) is 16.9. The summed E-state index contributed by atoms with van der Waals surface area (Å²) in [6, 6.07) is -1.32. The minimum atomic E-state index is -1.32. The largest absolute Gasteiger partial charge is 0.480 e. The van der Waals surface area contributed by atoms with E-state index in [1.165, 1.54) is 6.92 Å². The number of carboxylic acid groups (broad SMARTS) is 4. The molecule has 0 radical (unpaired) electrons. The molecule has 1 aliphatic heterocycles. The summed E-state index contributed by atoms with van der Waals surface area (Å²) in [6.45, 7) is 2.47. The molecule has 1 rings (SSSR count). The molecule has 0 aromatic carbocycles. The molecule has 6 N–H and O–H groups in total. The highest BCUT2D eigenvalue weighted by Gasteiger charge is 2.24. The van der Waals surface area contributed by atoms with Gasteiger partial charge in [0.15, 0.2) is 0 Å². The third-order valence-electron chi connectivity index (χ3n) is 7.19. The molecule has 1 saturated heterocycles. The number of rotatable bonds is 19. The van der Waals surface area contributed by atoms with Crippen molar-refractivity contribution in [2.24, 2.45) is 0 Å². The number of unbranched alkanes of at least 4 members (excludes halogenated alkanes) is 2. The lowest BCUT2D eigenvalue weighted by Gasteiger charge is -2.33. The predicted octanol–water partition coefficient (Wildman–Crippen LogP) is -1.92. The van der Waals surface area contributed by atoms with Gasteiger partial charge in [-0.3, -0.25) is 43.6 Å². The van der Waals surface area contributed by atoms with Crippen LogP contribution >= 0.6 is 0 Å². The number of nitrogens with zero attached hydrogens (tertiary/aromatic N) is 4. The summed E-state index contributed by atoms with van der Waals surface area (Å²) in [4.78, 5) is 88.6. The number of hydrogen-bond donors (Lipinski definition) is 6. The Morgan fingerprint density at radius 3 is 1.38 bits per heavy atom. The number of carbonyl (C=O) groups is 7. The van der Waals surface area contributed by atoms with Gasteiger partial charge in [0.25, 0.3) is 0 Å². The molecule has 0 saturated carbocycles. The predicted molar refractivity (Wildman–Crippen MR) is 160 cm³/mol. The fourth-order valence-electron chi connectivity index (χ4n) is 4.75. The average Bonchev–Trinajstić information content (AvgIpc) is 2.93. The van der Waals surface area contributed by atoms with Gasteiger partial charge in [0.2, 0.25) is 11.8 Å². The van der Waals surface area contributed by atoms with Crippen LogP contribution in [0, 0.1) is 0 Å². The first-order chi connectivity index (χ1) is 21.2. The van der Waals surface area contributed by atoms with Crippen LogP contribution in [-0.2, 0) is 33.6 Å². The van der Waals surface area contributed by atoms with Gasteiger partial charge in [-0.1, -0.05) is 6.42 Å². The summed E-state index contributed by atoms with van der Waals surface area (Å²) >= 11 is 0. The lowest BCUT2D eigenvalue weighted by Crippen LogP contribution is -2.51. The number of carboxylic acids is 4. The Morgan fingerprint density at radius 1 is 0.578 bits per heavy atom. The maximum absolute atomic E-state index is 12.9. The molecule has 0 aromatic heterocycles. The van der Waals surface area contributed by atoms with Gasteiger partial charge in [-0.15, -0.1) is 0 Å². The van der Waals surface area contributed by atoms with E-state index in [2.05, 4.69) is 10.6 Å². The van der Waals surface area contributed by atoms with Crippen molar-refractivity contribution in [3.8, 4) is 0 Å². The van der Waals surface area contributed by atoms with E-state index in [9.17, 15) is 54.0 Å². The van der Waals surface area contributed by atoms with Gasteiger partial charge >= 0.3 is 23.9 Å². The smallest absolute Gasteiger partial charge is 0.326 e. The van der Waals surface area contributed by atoms with Crippen LogP contribution in [0.4, 0.5) is 0 Å². The standard InChI is InChI=1S/C28H48N6O11/c1-21(35)5-3-2-4-8-29-23(36)7-6-22(28(44)45)30-24(37)17-31-9-11-32(18-25(38)39)13-15-34(20-27(42)43)16-14-33(12-10-31)19-26(40)41/h22H,2-20H2,1H3,(H,29,36)(H,30,37)(H,38,39)(H,40,41)(H,42,43)(H,44,45). The molecule has 0 bridgehead atoms. The van der Waals surface area contributed by atoms with Crippen molar-refractivity contribution in [2.75, 3.05) is 85.1 Å². The number of carbonyl (C=O) groups excluding carboxylic acids is 3. The first-order valence-electron chi connectivity index (χ1n) is 15.1. The number of hydrogen-bond acceptors (Lipinski definition) is 11. The van der Waals surface area contributed by atoms with E-state index in [1.807, 2.05) is 0 Å². The lowest BCUT2D eigenvalue weighted by molar-refractivity contribution is -0.142. The average molecular weight is 645 g/mol. The zero-order chi connectivity index (χ0) is 33.8. The van der Waals surface area contributed by atoms with Crippen LogP contribution in [0.25, 0.3) is 0 Å². The quantitative estimate of drug-likeness (QED) is 0.0840. The molecule has 1 unspecified atom stereocenters. The molecular weight excluding hydrogens is 596 g/mol. The van der Waals surface area contributed by atoms with Gasteiger partial charge in [-0.05, 0) is 26.2 Å². The van der Waals surface area contributed by atoms with Crippen LogP contribution in [0.1, 0.15) is 45.4 Å². The van der Waals surface area contributed by atoms with Crippen molar-refractivity contribution >= 4 is 41.5 Å². The number of aliphatic carboxylic acids is 4. The molecule has 0 aliphatic carbocycles. The molecule has 17 heteroatoms. The summed E-state index contributed by atoms with van der Waals surface area (Å²) in [5, 5.41) is 42.7. The Balaban J connectivity index is 2.80. The van der Waals surface area contributed by atoms with Gasteiger partial charge < -0.3 is 35.9 Å². The van der Waals surface area contributed by atoms with Crippen molar-refractivity contribution in [2.45, 2.75) is 51.5 Å². The number of nitrogens with one attached hydrogen (secondary N) is 2. The van der Waals surface area contributed by atoms with E-state index in [4.69, 9.17) is 0 Å². The second kappa shape index (κ2) is 21.9. The van der Waals surface area contributed by atoms with Crippen LogP contribution in [0.2, 0.25) is 0 Å². The van der Waals surface area contributed by atoms with Gasteiger partial charge in [0.05, 0.1) is 26.2 Å². The second-order valence-electron chi connectivity index (χ2n) is 11.1. The molecular formula is C28H48N6O11. The molecule has 1 atom stereocenters. The topological polar surface area (TPSA) is 237 Å². The molecule has 0 aromatic rings. The fourth-order valence-corrected chi connectivity index (χ4v) is 4.75. The van der Waals surface area contributed by atoms with Crippen molar-refractivity contribution in [3.05, 3.63) is 0 Å². The van der Waals surface area contributed by atoms with Gasteiger partial charge in [-0.2, -0.15) is 0 Å². The van der Waals surface area contributed by atoms with Crippen molar-refractivity contribution in [3.63, 3.8) is 0 Å². The highest BCUT2D eigenvalue weighted by molar-refractivity contribution is 5.85. The highest BCUT2D eigenvalue weighted by Crippen LogP contribution is 2.04. The maximum atomic E-state index is 12.9. The van der Waals surface area contributed by atoms with E-state index in [-0.39, 0.29) is 103 Å². The summed E-state index contributed by atoms with van der Waals surface area (Å²) in [5.74, 6) is -5.40. The third kappa shape index (κ3) is 20.1. The molecule has 1 fully saturated rings. The van der Waals surface area contributed by atoms with Crippen LogP contribution in [0.15, 0.2) is 0 Å². The zero-order valence-corrected chi connectivity index (χ0v) is 25.9. The minimum absolute atomic E-state index is 0.107. The van der Waals surface area contributed by atoms with Crippen molar-refractivity contribution in [1.29, 1.82) is 0 Å². The summed E-state index contributed by atoms with van der Waals surface area (Å²) in [6.07, 6.45) is 2.41. The van der Waals surface area contributed by atoms with Crippen LogP contribution in [0.5, 0.6) is 0 Å². The first-order valence-corrected chi connectivity index (χ1v) is 15.1. The van der Waals surface area contributed by atoms with Crippen LogP contribution in [-0.4, -0.2) is 173 Å². The molecule has 45 heavy (non-hydrogen) atoms. The molecule has 1 aliphatic rings. The van der Waals surface area contributed by atoms with Crippen molar-refractivity contribution < 1.29 is 54.0 Å². The lowest BCUT2D eigenvalue weighted by atomic mass is 10.1. The number of amides is 2. The number of ketones is 1. The Kier molecular flexibility index (Phi) is 19.2. The Hall–Kier alpha value is -3.67. The highest BCUT2D eigenvalue weighted by atomic mass is 16.4. The molecule has 17 nitrogen and oxygen atoms in total. The van der Waals surface area contributed by atoms with Gasteiger partial charge in [0.1, 0.15) is 11.8 Å². The molecule has 1 heterocycles. The first kappa shape index (κ1) is 39.4. The SMILES string of the molecule is CC(=O)CCCCCNC(=O)CCC(NC(=O)CN1CCN(CC(=O)O)CCN(CC(=O)O)CCN(CC(=O)O)CC1)C(=O)O. The Bertz CT molecular complexity index is 979. The fraction of sp³-hybridized carbons (Fsp3) is 0.750. The molecule has 0 spiro atoms. The van der Waals surface area contributed by atoms with Gasteiger partial charge in [0, 0.05) is 71.7 Å². The molecule has 256 valence electrons. The summed E-state index contributed by atoms with van der Waals surface area (Å²) < 4.78 is 0. The van der Waals surface area contributed by atoms with E-state index in [0.717, 1.165) is 12.8 Å². The van der Waals surface area contributed by atoms with Crippen LogP contribution < -0.4 is 10.6 Å². The summed E-state index contributed by atoms with van der Waals surface area (Å²) in [5.41, 5.74) is 0. The van der Waals surface area contributed by atoms with Crippen molar-refractivity contribution in [1.82, 2.24) is 30.2 Å². The second-order valence-corrected chi connectivity index (χ2v) is 11.1.